The van der Waals surface area contributed by atoms with Crippen molar-refractivity contribution in [3.63, 3.8) is 0 Å². The van der Waals surface area contributed by atoms with Gasteiger partial charge in [-0.2, -0.15) is 5.10 Å². The first-order valence-corrected chi connectivity index (χ1v) is 11.4. The third-order valence-corrected chi connectivity index (χ3v) is 5.68. The fraction of sp³-hybridized carbons (Fsp3) is 0.115. The van der Waals surface area contributed by atoms with E-state index >= 15 is 0 Å². The van der Waals surface area contributed by atoms with E-state index in [9.17, 15) is 9.59 Å². The molecule has 0 saturated carbocycles. The average molecular weight is 493 g/mol. The van der Waals surface area contributed by atoms with E-state index in [1.807, 2.05) is 71.5 Å². The summed E-state index contributed by atoms with van der Waals surface area (Å²) in [5.74, 6) is -0.772. The van der Waals surface area contributed by atoms with Crippen molar-refractivity contribution >= 4 is 35.0 Å². The van der Waals surface area contributed by atoms with Crippen LogP contribution in [0.2, 0.25) is 10.0 Å². The molecule has 6 nitrogen and oxygen atoms in total. The van der Waals surface area contributed by atoms with Crippen LogP contribution in [0.1, 0.15) is 21.5 Å². The van der Waals surface area contributed by atoms with Crippen LogP contribution < -0.4 is 10.6 Å². The Morgan fingerprint density at radius 1 is 0.882 bits per heavy atom. The Kier molecular flexibility index (Phi) is 7.62. The number of halogens is 2. The maximum absolute atomic E-state index is 12.4. The molecule has 0 aliphatic heterocycles. The zero-order valence-electron chi connectivity index (χ0n) is 18.2. The molecule has 0 saturated heterocycles. The van der Waals surface area contributed by atoms with Crippen molar-refractivity contribution in [2.45, 2.75) is 13.1 Å². The third kappa shape index (κ3) is 6.04. The predicted octanol–water partition coefficient (Wildman–Crippen LogP) is 4.95. The number of carbonyl (C=O) groups excluding carboxylic acids is 2. The van der Waals surface area contributed by atoms with Crippen LogP contribution in [0.3, 0.4) is 0 Å². The van der Waals surface area contributed by atoms with Crippen LogP contribution in [0, 0.1) is 0 Å². The molecule has 1 heterocycles. The minimum atomic E-state index is -0.447. The first-order valence-electron chi connectivity index (χ1n) is 10.7. The van der Waals surface area contributed by atoms with Gasteiger partial charge >= 0.3 is 0 Å². The average Bonchev–Trinajstić information content (AvgIpc) is 3.25. The lowest BCUT2D eigenvalue weighted by atomic mass is 10.1. The summed E-state index contributed by atoms with van der Waals surface area (Å²) in [4.78, 5) is 24.8. The zero-order valence-corrected chi connectivity index (χ0v) is 19.7. The van der Waals surface area contributed by atoms with Crippen LogP contribution in [0.15, 0.2) is 85.1 Å². The van der Waals surface area contributed by atoms with Gasteiger partial charge < -0.3 is 10.6 Å². The van der Waals surface area contributed by atoms with Gasteiger partial charge in [0.2, 0.25) is 5.91 Å². The molecular formula is C26H22Cl2N4O2. The number of amides is 2. The molecular weight excluding hydrogens is 471 g/mol. The molecule has 2 N–H and O–H groups in total. The van der Waals surface area contributed by atoms with Gasteiger partial charge in [-0.05, 0) is 23.8 Å². The summed E-state index contributed by atoms with van der Waals surface area (Å²) in [6.45, 7) is 0.707. The molecule has 8 heteroatoms. The summed E-state index contributed by atoms with van der Waals surface area (Å²) in [6, 6.07) is 24.4. The van der Waals surface area contributed by atoms with Crippen LogP contribution >= 0.6 is 23.2 Å². The number of carbonyl (C=O) groups is 2. The van der Waals surface area contributed by atoms with Crippen molar-refractivity contribution in [3.8, 4) is 11.3 Å². The monoisotopic (exact) mass is 492 g/mol. The second-order valence-electron chi connectivity index (χ2n) is 7.64. The van der Waals surface area contributed by atoms with Gasteiger partial charge in [0, 0.05) is 28.9 Å². The zero-order chi connectivity index (χ0) is 23.9. The lowest BCUT2D eigenvalue weighted by molar-refractivity contribution is -0.120. The number of aromatic nitrogens is 2. The SMILES string of the molecule is O=C(CNC(=O)c1ccc(Cl)cc1Cl)NCc1cn(Cc2ccccc2)nc1-c1ccccc1. The number of nitrogens with one attached hydrogen (secondary N) is 2. The van der Waals surface area contributed by atoms with Gasteiger partial charge in [0.25, 0.3) is 5.91 Å². The molecule has 0 fully saturated rings. The third-order valence-electron chi connectivity index (χ3n) is 5.13. The van der Waals surface area contributed by atoms with Gasteiger partial charge in [-0.1, -0.05) is 83.9 Å². The highest BCUT2D eigenvalue weighted by molar-refractivity contribution is 6.36. The summed E-state index contributed by atoms with van der Waals surface area (Å²) in [5, 5.41) is 10.8. The van der Waals surface area contributed by atoms with E-state index in [4.69, 9.17) is 28.3 Å². The minimum absolute atomic E-state index is 0.184. The minimum Gasteiger partial charge on any atom is -0.350 e. The first-order chi connectivity index (χ1) is 16.5. The summed E-state index contributed by atoms with van der Waals surface area (Å²) in [5.41, 5.74) is 4.02. The van der Waals surface area contributed by atoms with E-state index in [1.165, 1.54) is 12.1 Å². The second-order valence-corrected chi connectivity index (χ2v) is 8.48. The molecule has 3 aromatic carbocycles. The predicted molar refractivity (Wildman–Crippen MR) is 134 cm³/mol. The van der Waals surface area contributed by atoms with E-state index in [1.54, 1.807) is 6.07 Å². The number of hydrogen-bond donors (Lipinski definition) is 2. The van der Waals surface area contributed by atoms with E-state index in [2.05, 4.69) is 10.6 Å². The number of nitrogens with zero attached hydrogens (tertiary/aromatic N) is 2. The molecule has 0 atom stereocenters. The summed E-state index contributed by atoms with van der Waals surface area (Å²) < 4.78 is 1.86. The Morgan fingerprint density at radius 2 is 1.59 bits per heavy atom. The summed E-state index contributed by atoms with van der Waals surface area (Å²) >= 11 is 11.9. The highest BCUT2D eigenvalue weighted by Crippen LogP contribution is 2.23. The van der Waals surface area contributed by atoms with Gasteiger partial charge in [-0.3, -0.25) is 14.3 Å². The highest BCUT2D eigenvalue weighted by Gasteiger charge is 2.15. The molecule has 0 aliphatic carbocycles. The maximum atomic E-state index is 12.4. The van der Waals surface area contributed by atoms with Gasteiger partial charge in [-0.25, -0.2) is 0 Å². The lowest BCUT2D eigenvalue weighted by Crippen LogP contribution is -2.36. The standard InChI is InChI=1S/C26H22Cl2N4O2/c27-21-11-12-22(23(28)13-21)26(34)30-15-24(33)29-14-20-17-32(16-18-7-3-1-4-8-18)31-25(20)19-9-5-2-6-10-19/h1-13,17H,14-16H2,(H,29,33)(H,30,34). The van der Waals surface area contributed by atoms with Crippen LogP contribution in [-0.2, 0) is 17.9 Å². The highest BCUT2D eigenvalue weighted by atomic mass is 35.5. The molecule has 0 unspecified atom stereocenters. The van der Waals surface area contributed by atoms with Crippen LogP contribution in [0.25, 0.3) is 11.3 Å². The molecule has 0 aliphatic rings. The molecule has 34 heavy (non-hydrogen) atoms. The van der Waals surface area contributed by atoms with E-state index in [0.29, 0.717) is 11.6 Å². The molecule has 4 aromatic rings. The molecule has 0 bridgehead atoms. The largest absolute Gasteiger partial charge is 0.350 e. The van der Waals surface area contributed by atoms with Gasteiger partial charge in [0.05, 0.1) is 29.4 Å². The second kappa shape index (κ2) is 11.0. The molecule has 0 spiro atoms. The quantitative estimate of drug-likeness (QED) is 0.365. The van der Waals surface area contributed by atoms with Crippen molar-refractivity contribution in [2.75, 3.05) is 6.54 Å². The normalized spacial score (nSPS) is 10.6. The Bertz CT molecular complexity index is 1290. The number of benzene rings is 3. The van der Waals surface area contributed by atoms with Crippen molar-refractivity contribution in [1.82, 2.24) is 20.4 Å². The Morgan fingerprint density at radius 3 is 2.29 bits per heavy atom. The molecule has 4 rings (SSSR count). The van der Waals surface area contributed by atoms with Crippen LogP contribution in [0.4, 0.5) is 0 Å². The van der Waals surface area contributed by atoms with Crippen molar-refractivity contribution in [2.24, 2.45) is 0 Å². The number of rotatable bonds is 8. The Balaban J connectivity index is 1.42. The fourth-order valence-corrected chi connectivity index (χ4v) is 3.96. The molecule has 172 valence electrons. The van der Waals surface area contributed by atoms with Crippen molar-refractivity contribution < 1.29 is 9.59 Å². The molecule has 0 radical (unpaired) electrons. The maximum Gasteiger partial charge on any atom is 0.253 e. The number of hydrogen-bond acceptors (Lipinski definition) is 3. The topological polar surface area (TPSA) is 76.0 Å². The Labute approximate surface area is 207 Å². The lowest BCUT2D eigenvalue weighted by Gasteiger charge is -2.08. The van der Waals surface area contributed by atoms with Crippen LogP contribution in [0.5, 0.6) is 0 Å². The fourth-order valence-electron chi connectivity index (χ4n) is 3.47. The van der Waals surface area contributed by atoms with Gasteiger partial charge in [0.15, 0.2) is 0 Å². The van der Waals surface area contributed by atoms with Crippen LogP contribution in [-0.4, -0.2) is 28.1 Å². The Hall–Kier alpha value is -3.61. The van der Waals surface area contributed by atoms with Crippen molar-refractivity contribution in [3.05, 3.63) is 112 Å². The van der Waals surface area contributed by atoms with E-state index < -0.39 is 5.91 Å². The first kappa shape index (κ1) is 23.5. The van der Waals surface area contributed by atoms with E-state index in [-0.39, 0.29) is 29.6 Å². The molecule has 1 aromatic heterocycles. The smallest absolute Gasteiger partial charge is 0.253 e. The summed E-state index contributed by atoms with van der Waals surface area (Å²) in [7, 11) is 0. The summed E-state index contributed by atoms with van der Waals surface area (Å²) in [6.07, 6.45) is 1.93. The van der Waals surface area contributed by atoms with Crippen molar-refractivity contribution in [1.29, 1.82) is 0 Å². The van der Waals surface area contributed by atoms with Gasteiger partial charge in [0.1, 0.15) is 0 Å². The van der Waals surface area contributed by atoms with E-state index in [0.717, 1.165) is 22.4 Å². The molecule has 2 amide bonds. The van der Waals surface area contributed by atoms with Gasteiger partial charge in [-0.15, -0.1) is 0 Å².